The summed E-state index contributed by atoms with van der Waals surface area (Å²) in [5.74, 6) is 5.98. The Kier molecular flexibility index (Phi) is 4.92. The van der Waals surface area contributed by atoms with E-state index in [1.165, 1.54) is 6.92 Å². The normalized spacial score (nSPS) is 11.4. The lowest BCUT2D eigenvalue weighted by molar-refractivity contribution is 0.101. The smallest absolute Gasteiger partial charge is 0.160 e. The van der Waals surface area contributed by atoms with Gasteiger partial charge in [0.1, 0.15) is 0 Å². The Balaban J connectivity index is 2.13. The van der Waals surface area contributed by atoms with Crippen molar-refractivity contribution in [2.75, 3.05) is 0 Å². The fraction of sp³-hybridized carbons (Fsp3) is 0.211. The Morgan fingerprint density at radius 2 is 1.95 bits per heavy atom. The van der Waals surface area contributed by atoms with Gasteiger partial charge in [0.25, 0.3) is 0 Å². The van der Waals surface area contributed by atoms with E-state index in [9.17, 15) is 9.90 Å². The molecule has 2 rings (SSSR count). The van der Waals surface area contributed by atoms with Crippen molar-refractivity contribution in [2.45, 2.75) is 26.4 Å². The van der Waals surface area contributed by atoms with Gasteiger partial charge in [-0.2, -0.15) is 0 Å². The molecule has 0 aliphatic rings. The van der Waals surface area contributed by atoms with Crippen LogP contribution in [0, 0.1) is 18.8 Å². The highest BCUT2D eigenvalue weighted by Crippen LogP contribution is 2.21. The summed E-state index contributed by atoms with van der Waals surface area (Å²) < 4.78 is 0. The zero-order chi connectivity index (χ0) is 15.2. The minimum absolute atomic E-state index is 0.0451. The molecular formula is C19H18O2. The van der Waals surface area contributed by atoms with E-state index >= 15 is 0 Å². The fourth-order valence-electron chi connectivity index (χ4n) is 2.19. The molecule has 2 nitrogen and oxygen atoms in total. The number of aryl methyl sites for hydroxylation is 1. The number of ketones is 1. The highest BCUT2D eigenvalue weighted by Gasteiger charge is 2.13. The van der Waals surface area contributed by atoms with Crippen LogP contribution in [-0.4, -0.2) is 10.9 Å². The van der Waals surface area contributed by atoms with Crippen LogP contribution in [0.2, 0.25) is 0 Å². The first-order valence-corrected chi connectivity index (χ1v) is 6.91. The SMILES string of the molecule is CC(=O)c1ccccc1C(O)CC#Cc1cccc(C)c1. The molecule has 0 aromatic heterocycles. The molecule has 2 heteroatoms. The average molecular weight is 278 g/mol. The van der Waals surface area contributed by atoms with Crippen LogP contribution >= 0.6 is 0 Å². The summed E-state index contributed by atoms with van der Waals surface area (Å²) in [5, 5.41) is 10.2. The quantitative estimate of drug-likeness (QED) is 0.687. The van der Waals surface area contributed by atoms with E-state index in [2.05, 4.69) is 11.8 Å². The van der Waals surface area contributed by atoms with Crippen LogP contribution in [0.25, 0.3) is 0 Å². The maximum atomic E-state index is 11.6. The lowest BCUT2D eigenvalue weighted by Crippen LogP contribution is -2.04. The second-order valence-electron chi connectivity index (χ2n) is 5.03. The van der Waals surface area contributed by atoms with E-state index in [0.717, 1.165) is 11.1 Å². The second kappa shape index (κ2) is 6.88. The van der Waals surface area contributed by atoms with E-state index in [-0.39, 0.29) is 5.78 Å². The van der Waals surface area contributed by atoms with Gasteiger partial charge < -0.3 is 5.11 Å². The van der Waals surface area contributed by atoms with Gasteiger partial charge in [-0.05, 0) is 37.1 Å². The third-order valence-electron chi connectivity index (χ3n) is 3.25. The largest absolute Gasteiger partial charge is 0.387 e. The predicted octanol–water partition coefficient (Wildman–Crippen LogP) is 3.67. The van der Waals surface area contributed by atoms with Crippen molar-refractivity contribution in [3.8, 4) is 11.8 Å². The van der Waals surface area contributed by atoms with Gasteiger partial charge in [0, 0.05) is 17.5 Å². The standard InChI is InChI=1S/C19H18O2/c1-14-7-5-8-16(13-14)9-6-12-19(21)18-11-4-3-10-17(18)15(2)20/h3-5,7-8,10-11,13,19,21H,12H2,1-2H3. The second-order valence-corrected chi connectivity index (χ2v) is 5.03. The van der Waals surface area contributed by atoms with Crippen LogP contribution in [0.3, 0.4) is 0 Å². The summed E-state index contributed by atoms with van der Waals surface area (Å²) in [6, 6.07) is 15.0. The van der Waals surface area contributed by atoms with Crippen molar-refractivity contribution < 1.29 is 9.90 Å². The molecule has 106 valence electrons. The molecular weight excluding hydrogens is 260 g/mol. The highest BCUT2D eigenvalue weighted by molar-refractivity contribution is 5.95. The highest BCUT2D eigenvalue weighted by atomic mass is 16.3. The molecule has 2 aromatic carbocycles. The molecule has 21 heavy (non-hydrogen) atoms. The summed E-state index contributed by atoms with van der Waals surface area (Å²) in [7, 11) is 0. The number of rotatable bonds is 3. The Hall–Kier alpha value is -2.37. The van der Waals surface area contributed by atoms with Crippen molar-refractivity contribution in [1.29, 1.82) is 0 Å². The van der Waals surface area contributed by atoms with E-state index in [0.29, 0.717) is 17.5 Å². The zero-order valence-corrected chi connectivity index (χ0v) is 12.3. The van der Waals surface area contributed by atoms with Crippen LogP contribution < -0.4 is 0 Å². The van der Waals surface area contributed by atoms with Crippen LogP contribution in [0.15, 0.2) is 48.5 Å². The van der Waals surface area contributed by atoms with Gasteiger partial charge in [-0.15, -0.1) is 0 Å². The molecule has 0 spiro atoms. The first-order chi connectivity index (χ1) is 10.1. The summed E-state index contributed by atoms with van der Waals surface area (Å²) >= 11 is 0. The van der Waals surface area contributed by atoms with Crippen molar-refractivity contribution >= 4 is 5.78 Å². The van der Waals surface area contributed by atoms with Gasteiger partial charge in [-0.25, -0.2) is 0 Å². The molecule has 0 saturated carbocycles. The monoisotopic (exact) mass is 278 g/mol. The summed E-state index contributed by atoms with van der Waals surface area (Å²) in [4.78, 5) is 11.6. The first kappa shape index (κ1) is 15.0. The van der Waals surface area contributed by atoms with Gasteiger partial charge in [-0.1, -0.05) is 48.2 Å². The predicted molar refractivity (Wildman–Crippen MR) is 84.1 cm³/mol. The van der Waals surface area contributed by atoms with E-state index in [1.807, 2.05) is 37.3 Å². The van der Waals surface area contributed by atoms with Crippen molar-refractivity contribution in [1.82, 2.24) is 0 Å². The number of aliphatic hydroxyl groups excluding tert-OH is 1. The summed E-state index contributed by atoms with van der Waals surface area (Å²) in [5.41, 5.74) is 3.29. The maximum Gasteiger partial charge on any atom is 0.160 e. The molecule has 1 atom stereocenters. The minimum atomic E-state index is -0.748. The molecule has 0 amide bonds. The molecule has 0 aliphatic heterocycles. The number of Topliss-reactive ketones (excluding diaryl/α,β-unsaturated/α-hetero) is 1. The molecule has 1 unspecified atom stereocenters. The maximum absolute atomic E-state index is 11.6. The first-order valence-electron chi connectivity index (χ1n) is 6.91. The zero-order valence-electron chi connectivity index (χ0n) is 12.3. The minimum Gasteiger partial charge on any atom is -0.387 e. The van der Waals surface area contributed by atoms with E-state index in [1.54, 1.807) is 18.2 Å². The third kappa shape index (κ3) is 4.05. The summed E-state index contributed by atoms with van der Waals surface area (Å²) in [6.07, 6.45) is -0.444. The van der Waals surface area contributed by atoms with Crippen LogP contribution in [-0.2, 0) is 0 Å². The Morgan fingerprint density at radius 3 is 2.67 bits per heavy atom. The Morgan fingerprint density at radius 1 is 1.19 bits per heavy atom. The molecule has 0 heterocycles. The van der Waals surface area contributed by atoms with Gasteiger partial charge in [0.2, 0.25) is 0 Å². The van der Waals surface area contributed by atoms with Crippen LogP contribution in [0.4, 0.5) is 0 Å². The molecule has 0 saturated heterocycles. The Labute approximate surface area is 125 Å². The van der Waals surface area contributed by atoms with Gasteiger partial charge in [0.15, 0.2) is 5.78 Å². The van der Waals surface area contributed by atoms with Crippen LogP contribution in [0.5, 0.6) is 0 Å². The summed E-state index contributed by atoms with van der Waals surface area (Å²) in [6.45, 7) is 3.52. The third-order valence-corrected chi connectivity index (χ3v) is 3.25. The fourth-order valence-corrected chi connectivity index (χ4v) is 2.19. The van der Waals surface area contributed by atoms with Crippen molar-refractivity contribution in [2.24, 2.45) is 0 Å². The van der Waals surface area contributed by atoms with Crippen molar-refractivity contribution in [3.63, 3.8) is 0 Å². The number of aliphatic hydroxyl groups is 1. The number of hydrogen-bond donors (Lipinski definition) is 1. The molecule has 2 aromatic rings. The van der Waals surface area contributed by atoms with Gasteiger partial charge >= 0.3 is 0 Å². The molecule has 0 radical (unpaired) electrons. The number of carbonyl (C=O) groups is 1. The van der Waals surface area contributed by atoms with Gasteiger partial charge in [-0.3, -0.25) is 4.79 Å². The lowest BCUT2D eigenvalue weighted by atomic mass is 9.98. The van der Waals surface area contributed by atoms with Crippen molar-refractivity contribution in [3.05, 3.63) is 70.8 Å². The lowest BCUT2D eigenvalue weighted by Gasteiger charge is -2.11. The van der Waals surface area contributed by atoms with Crippen LogP contribution in [0.1, 0.15) is 46.5 Å². The number of carbonyl (C=O) groups excluding carboxylic acids is 1. The van der Waals surface area contributed by atoms with Gasteiger partial charge in [0.05, 0.1) is 6.10 Å². The number of benzene rings is 2. The molecule has 0 fully saturated rings. The van der Waals surface area contributed by atoms with E-state index < -0.39 is 6.10 Å². The topological polar surface area (TPSA) is 37.3 Å². The molecule has 0 bridgehead atoms. The van der Waals surface area contributed by atoms with E-state index in [4.69, 9.17) is 0 Å². The Bertz CT molecular complexity index is 705. The average Bonchev–Trinajstić information content (AvgIpc) is 2.47. The molecule has 1 N–H and O–H groups in total. The number of hydrogen-bond acceptors (Lipinski definition) is 2. The molecule has 0 aliphatic carbocycles.